The minimum Gasteiger partial charge on any atom is -0.345 e. The molecule has 1 aliphatic rings. The van der Waals surface area contributed by atoms with Crippen LogP contribution in [0.1, 0.15) is 23.7 Å². The van der Waals surface area contributed by atoms with Gasteiger partial charge in [-0.05, 0) is 37.6 Å². The third-order valence-electron chi connectivity index (χ3n) is 3.72. The summed E-state index contributed by atoms with van der Waals surface area (Å²) in [4.78, 5) is 21.7. The van der Waals surface area contributed by atoms with Crippen molar-refractivity contribution in [2.75, 3.05) is 13.1 Å². The van der Waals surface area contributed by atoms with Crippen LogP contribution >= 0.6 is 0 Å². The molecule has 0 aliphatic carbocycles. The Hall–Kier alpha value is -2.23. The number of hydrogen-bond acceptors (Lipinski definition) is 3. The normalized spacial score (nSPS) is 18.2. The zero-order valence-corrected chi connectivity index (χ0v) is 11.5. The summed E-state index contributed by atoms with van der Waals surface area (Å²) < 4.78 is 0. The average Bonchev–Trinajstić information content (AvgIpc) is 2.96. The zero-order valence-electron chi connectivity index (χ0n) is 11.5. The summed E-state index contributed by atoms with van der Waals surface area (Å²) in [6, 6.07) is 10.1. The Labute approximate surface area is 118 Å². The summed E-state index contributed by atoms with van der Waals surface area (Å²) in [5.41, 5.74) is 4.12. The number of aryl methyl sites for hydroxylation is 1. The summed E-state index contributed by atoms with van der Waals surface area (Å²) in [6.07, 6.45) is 3.71. The molecule has 1 unspecified atom stereocenters. The maximum Gasteiger partial charge on any atom is 0.209 e. The minimum atomic E-state index is 0.336. The van der Waals surface area contributed by atoms with E-state index in [1.54, 1.807) is 6.20 Å². The Morgan fingerprint density at radius 2 is 2.25 bits per heavy atom. The van der Waals surface area contributed by atoms with Crippen molar-refractivity contribution >= 4 is 6.41 Å². The maximum atomic E-state index is 10.8. The summed E-state index contributed by atoms with van der Waals surface area (Å²) in [7, 11) is 0. The molecule has 1 amide bonds. The largest absolute Gasteiger partial charge is 0.345 e. The Kier molecular flexibility index (Phi) is 3.46. The van der Waals surface area contributed by atoms with Crippen LogP contribution in [0.4, 0.5) is 0 Å². The van der Waals surface area contributed by atoms with Crippen LogP contribution < -0.4 is 0 Å². The van der Waals surface area contributed by atoms with Gasteiger partial charge < -0.3 is 4.90 Å². The third-order valence-corrected chi connectivity index (χ3v) is 3.72. The summed E-state index contributed by atoms with van der Waals surface area (Å²) in [5, 5.41) is 0. The quantitative estimate of drug-likeness (QED) is 0.802. The fourth-order valence-corrected chi connectivity index (χ4v) is 2.71. The van der Waals surface area contributed by atoms with Gasteiger partial charge in [0, 0.05) is 42.2 Å². The predicted octanol–water partition coefficient (Wildman–Crippen LogP) is 2.40. The van der Waals surface area contributed by atoms with Crippen molar-refractivity contribution in [2.24, 2.45) is 0 Å². The van der Waals surface area contributed by atoms with Crippen molar-refractivity contribution in [3.63, 3.8) is 0 Å². The molecule has 1 fully saturated rings. The van der Waals surface area contributed by atoms with Crippen LogP contribution in [0.3, 0.4) is 0 Å². The SMILES string of the molecule is Cc1cc(-c2ccccn2)cc(C2CCN(C=O)C2)n1. The fraction of sp³-hybridized carbons (Fsp3) is 0.312. The average molecular weight is 267 g/mol. The molecule has 2 aromatic rings. The monoisotopic (exact) mass is 267 g/mol. The Balaban J connectivity index is 1.93. The first-order valence-electron chi connectivity index (χ1n) is 6.85. The maximum absolute atomic E-state index is 10.8. The molecule has 4 heteroatoms. The van der Waals surface area contributed by atoms with Crippen LogP contribution in [-0.2, 0) is 4.79 Å². The lowest BCUT2D eigenvalue weighted by Crippen LogP contribution is -2.17. The second kappa shape index (κ2) is 5.41. The standard InChI is InChI=1S/C16H17N3O/c1-12-8-14(15-4-2-3-6-17-15)9-16(18-12)13-5-7-19(10-13)11-20/h2-4,6,8-9,11,13H,5,7,10H2,1H3. The van der Waals surface area contributed by atoms with Gasteiger partial charge in [0.15, 0.2) is 0 Å². The number of hydrogen-bond donors (Lipinski definition) is 0. The molecule has 3 heterocycles. The highest BCUT2D eigenvalue weighted by Gasteiger charge is 2.24. The topological polar surface area (TPSA) is 46.1 Å². The summed E-state index contributed by atoms with van der Waals surface area (Å²) in [5.74, 6) is 0.336. The minimum absolute atomic E-state index is 0.336. The van der Waals surface area contributed by atoms with E-state index in [0.29, 0.717) is 5.92 Å². The first-order chi connectivity index (χ1) is 9.76. The summed E-state index contributed by atoms with van der Waals surface area (Å²) >= 11 is 0. The van der Waals surface area contributed by atoms with Crippen LogP contribution in [0.15, 0.2) is 36.5 Å². The molecule has 4 nitrogen and oxygen atoms in total. The van der Waals surface area contributed by atoms with Gasteiger partial charge in [0.05, 0.1) is 5.69 Å². The second-order valence-corrected chi connectivity index (χ2v) is 5.22. The molecule has 0 spiro atoms. The fourth-order valence-electron chi connectivity index (χ4n) is 2.71. The van der Waals surface area contributed by atoms with Crippen molar-refractivity contribution in [3.05, 3.63) is 47.9 Å². The van der Waals surface area contributed by atoms with E-state index in [4.69, 9.17) is 0 Å². The van der Waals surface area contributed by atoms with Crippen LogP contribution in [0, 0.1) is 6.92 Å². The molecule has 0 aromatic carbocycles. The number of rotatable bonds is 3. The van der Waals surface area contributed by atoms with Gasteiger partial charge in [0.25, 0.3) is 0 Å². The van der Waals surface area contributed by atoms with E-state index in [1.165, 1.54) is 0 Å². The number of pyridine rings is 2. The van der Waals surface area contributed by atoms with E-state index in [1.807, 2.05) is 30.0 Å². The lowest BCUT2D eigenvalue weighted by Gasteiger charge is -2.12. The molecule has 102 valence electrons. The molecule has 0 N–H and O–H groups in total. The third kappa shape index (κ3) is 2.54. The number of carbonyl (C=O) groups is 1. The smallest absolute Gasteiger partial charge is 0.209 e. The van der Waals surface area contributed by atoms with E-state index < -0.39 is 0 Å². The Bertz CT molecular complexity index is 612. The molecule has 3 rings (SSSR count). The highest BCUT2D eigenvalue weighted by molar-refractivity contribution is 5.60. The number of amides is 1. The molecule has 20 heavy (non-hydrogen) atoms. The highest BCUT2D eigenvalue weighted by atomic mass is 16.1. The van der Waals surface area contributed by atoms with Crippen LogP contribution in [0.25, 0.3) is 11.3 Å². The molecule has 0 saturated carbocycles. The van der Waals surface area contributed by atoms with Gasteiger partial charge in [-0.15, -0.1) is 0 Å². The number of aromatic nitrogens is 2. The van der Waals surface area contributed by atoms with E-state index in [9.17, 15) is 4.79 Å². The van der Waals surface area contributed by atoms with Crippen molar-refractivity contribution < 1.29 is 4.79 Å². The molecule has 2 aromatic heterocycles. The van der Waals surface area contributed by atoms with Crippen LogP contribution in [0.2, 0.25) is 0 Å². The predicted molar refractivity (Wildman–Crippen MR) is 77.2 cm³/mol. The Morgan fingerprint density at radius 3 is 2.95 bits per heavy atom. The van der Waals surface area contributed by atoms with Crippen LogP contribution in [0.5, 0.6) is 0 Å². The van der Waals surface area contributed by atoms with Crippen molar-refractivity contribution in [1.82, 2.24) is 14.9 Å². The second-order valence-electron chi connectivity index (χ2n) is 5.22. The van der Waals surface area contributed by atoms with Gasteiger partial charge in [-0.25, -0.2) is 0 Å². The van der Waals surface area contributed by atoms with E-state index in [2.05, 4.69) is 22.1 Å². The summed E-state index contributed by atoms with van der Waals surface area (Å²) in [6.45, 7) is 3.59. The lowest BCUT2D eigenvalue weighted by atomic mass is 10.0. The number of likely N-dealkylation sites (tertiary alicyclic amines) is 1. The molecule has 1 aliphatic heterocycles. The molecular weight excluding hydrogens is 250 g/mol. The van der Waals surface area contributed by atoms with E-state index >= 15 is 0 Å². The van der Waals surface area contributed by atoms with Gasteiger partial charge in [0.2, 0.25) is 6.41 Å². The van der Waals surface area contributed by atoms with Gasteiger partial charge in [-0.2, -0.15) is 0 Å². The van der Waals surface area contributed by atoms with Crippen LogP contribution in [-0.4, -0.2) is 34.4 Å². The highest BCUT2D eigenvalue weighted by Crippen LogP contribution is 2.28. The van der Waals surface area contributed by atoms with Crippen molar-refractivity contribution in [1.29, 1.82) is 0 Å². The van der Waals surface area contributed by atoms with Crippen molar-refractivity contribution in [3.8, 4) is 11.3 Å². The lowest BCUT2D eigenvalue weighted by molar-refractivity contribution is -0.117. The molecule has 0 bridgehead atoms. The molecule has 1 saturated heterocycles. The van der Waals surface area contributed by atoms with Gasteiger partial charge in [0.1, 0.15) is 0 Å². The number of nitrogens with zero attached hydrogens (tertiary/aromatic N) is 3. The van der Waals surface area contributed by atoms with E-state index in [-0.39, 0.29) is 0 Å². The van der Waals surface area contributed by atoms with E-state index in [0.717, 1.165) is 48.6 Å². The van der Waals surface area contributed by atoms with Gasteiger partial charge in [-0.3, -0.25) is 14.8 Å². The number of carbonyl (C=O) groups excluding carboxylic acids is 1. The molecular formula is C16H17N3O. The molecule has 1 atom stereocenters. The van der Waals surface area contributed by atoms with Crippen molar-refractivity contribution in [2.45, 2.75) is 19.3 Å². The van der Waals surface area contributed by atoms with Gasteiger partial charge in [-0.1, -0.05) is 6.07 Å². The first-order valence-corrected chi connectivity index (χ1v) is 6.85. The molecule has 0 radical (unpaired) electrons. The van der Waals surface area contributed by atoms with Gasteiger partial charge >= 0.3 is 0 Å². The Morgan fingerprint density at radius 1 is 1.35 bits per heavy atom. The first kappa shape index (κ1) is 12.8. The zero-order chi connectivity index (χ0) is 13.9.